The first-order valence-electron chi connectivity index (χ1n) is 6.37. The van der Waals surface area contributed by atoms with E-state index in [1.165, 1.54) is 0 Å². The Hall–Kier alpha value is -0.460. The number of rotatable bonds is 6. The predicted molar refractivity (Wildman–Crippen MR) is 74.0 cm³/mol. The Labute approximate surface area is 113 Å². The molecule has 6 heteroatoms. The molecule has 0 spiro atoms. The highest BCUT2D eigenvalue weighted by atomic mass is 32.2. The van der Waals surface area contributed by atoms with Crippen molar-refractivity contribution in [3.63, 3.8) is 0 Å². The highest BCUT2D eigenvalue weighted by Crippen LogP contribution is 2.11. The zero-order valence-corrected chi connectivity index (χ0v) is 12.0. The lowest BCUT2D eigenvalue weighted by Gasteiger charge is -2.26. The molecule has 0 aromatic rings. The summed E-state index contributed by atoms with van der Waals surface area (Å²) in [5, 5.41) is 15.7. The highest BCUT2D eigenvalue weighted by molar-refractivity contribution is 7.98. The third-order valence-corrected chi connectivity index (χ3v) is 3.64. The molecule has 1 aliphatic rings. The van der Waals surface area contributed by atoms with Crippen LogP contribution in [0, 0.1) is 0 Å². The smallest absolute Gasteiger partial charge is 0.315 e. The molecule has 0 aromatic carbocycles. The summed E-state index contributed by atoms with van der Waals surface area (Å²) in [5.74, 6) is 0.885. The maximum Gasteiger partial charge on any atom is 0.315 e. The monoisotopic (exact) mass is 276 g/mol. The Morgan fingerprint density at radius 1 is 1.50 bits per heavy atom. The molecule has 5 nitrogen and oxygen atoms in total. The second-order valence-electron chi connectivity index (χ2n) is 4.95. The van der Waals surface area contributed by atoms with Crippen molar-refractivity contribution in [2.24, 2.45) is 0 Å². The molecule has 1 fully saturated rings. The number of aliphatic hydroxyl groups is 1. The van der Waals surface area contributed by atoms with E-state index in [1.54, 1.807) is 18.7 Å². The van der Waals surface area contributed by atoms with E-state index in [2.05, 4.69) is 10.6 Å². The zero-order chi connectivity index (χ0) is 13.4. The number of nitrogens with one attached hydrogen (secondary N) is 2. The van der Waals surface area contributed by atoms with E-state index in [0.717, 1.165) is 18.6 Å². The number of hydrogen-bond acceptors (Lipinski definition) is 4. The summed E-state index contributed by atoms with van der Waals surface area (Å²) in [4.78, 5) is 11.7. The normalized spacial score (nSPS) is 20.2. The summed E-state index contributed by atoms with van der Waals surface area (Å²) in [5.41, 5.74) is -0.837. The number of ether oxygens (including phenoxy) is 1. The van der Waals surface area contributed by atoms with Crippen molar-refractivity contribution in [1.29, 1.82) is 0 Å². The molecule has 106 valence electrons. The van der Waals surface area contributed by atoms with Crippen molar-refractivity contribution in [3.8, 4) is 0 Å². The number of carbonyl (C=O) groups is 1. The average molecular weight is 276 g/mol. The van der Waals surface area contributed by atoms with E-state index < -0.39 is 5.60 Å². The third kappa shape index (κ3) is 6.47. The summed E-state index contributed by atoms with van der Waals surface area (Å²) in [6, 6.07) is -0.0128. The topological polar surface area (TPSA) is 70.6 Å². The number of thioether (sulfide) groups is 1. The molecule has 1 saturated heterocycles. The molecular weight excluding hydrogens is 252 g/mol. The van der Waals surface area contributed by atoms with Crippen molar-refractivity contribution in [3.05, 3.63) is 0 Å². The third-order valence-electron chi connectivity index (χ3n) is 3.03. The van der Waals surface area contributed by atoms with Gasteiger partial charge in [0.2, 0.25) is 0 Å². The first kappa shape index (κ1) is 15.6. The van der Waals surface area contributed by atoms with E-state index in [-0.39, 0.29) is 18.6 Å². The van der Waals surface area contributed by atoms with Gasteiger partial charge < -0.3 is 20.5 Å². The maximum absolute atomic E-state index is 11.7. The van der Waals surface area contributed by atoms with E-state index >= 15 is 0 Å². The van der Waals surface area contributed by atoms with Crippen LogP contribution in [0.4, 0.5) is 4.79 Å². The quantitative estimate of drug-likeness (QED) is 0.676. The van der Waals surface area contributed by atoms with Gasteiger partial charge in [-0.2, -0.15) is 11.8 Å². The van der Waals surface area contributed by atoms with Gasteiger partial charge in [-0.25, -0.2) is 4.79 Å². The first-order chi connectivity index (χ1) is 8.53. The van der Waals surface area contributed by atoms with Gasteiger partial charge in [0.25, 0.3) is 0 Å². The lowest BCUT2D eigenvalue weighted by Crippen LogP contribution is -2.49. The number of carbonyl (C=O) groups excluding carboxylic acids is 1. The largest absolute Gasteiger partial charge is 0.388 e. The summed E-state index contributed by atoms with van der Waals surface area (Å²) >= 11 is 1.69. The van der Waals surface area contributed by atoms with E-state index in [4.69, 9.17) is 4.74 Å². The molecule has 3 N–H and O–H groups in total. The zero-order valence-electron chi connectivity index (χ0n) is 11.2. The fraction of sp³-hybridized carbons (Fsp3) is 0.917. The summed E-state index contributed by atoms with van der Waals surface area (Å²) in [6.07, 6.45) is 4.39. The van der Waals surface area contributed by atoms with Gasteiger partial charge in [-0.3, -0.25) is 0 Å². The molecule has 2 amide bonds. The van der Waals surface area contributed by atoms with Crippen LogP contribution in [0.5, 0.6) is 0 Å². The number of hydrogen-bond donors (Lipinski definition) is 3. The molecule has 1 aliphatic heterocycles. The van der Waals surface area contributed by atoms with Crippen LogP contribution in [-0.2, 0) is 4.74 Å². The molecule has 0 saturated carbocycles. The molecule has 0 aromatic heterocycles. The molecule has 1 heterocycles. The number of amides is 2. The number of urea groups is 1. The van der Waals surface area contributed by atoms with Gasteiger partial charge in [0.1, 0.15) is 0 Å². The van der Waals surface area contributed by atoms with Crippen molar-refractivity contribution in [1.82, 2.24) is 10.6 Å². The van der Waals surface area contributed by atoms with Crippen LogP contribution in [0.2, 0.25) is 0 Å². The van der Waals surface area contributed by atoms with Gasteiger partial charge in [0, 0.05) is 25.8 Å². The molecule has 1 unspecified atom stereocenters. The van der Waals surface area contributed by atoms with Gasteiger partial charge >= 0.3 is 6.03 Å². The summed E-state index contributed by atoms with van der Waals surface area (Å²) in [6.45, 7) is 3.44. The van der Waals surface area contributed by atoms with Crippen molar-refractivity contribution < 1.29 is 14.6 Å². The van der Waals surface area contributed by atoms with Crippen LogP contribution in [-0.4, -0.2) is 54.5 Å². The lowest BCUT2D eigenvalue weighted by atomic mass is 10.0. The fourth-order valence-corrected chi connectivity index (χ4v) is 2.40. The molecular formula is C12H24N2O3S. The Bertz CT molecular complexity index is 256. The maximum atomic E-state index is 11.7. The van der Waals surface area contributed by atoms with Crippen molar-refractivity contribution in [2.75, 3.05) is 31.8 Å². The molecule has 1 rings (SSSR count). The van der Waals surface area contributed by atoms with Gasteiger partial charge in [-0.15, -0.1) is 0 Å². The minimum Gasteiger partial charge on any atom is -0.388 e. The molecule has 0 bridgehead atoms. The minimum atomic E-state index is -0.837. The van der Waals surface area contributed by atoms with Crippen LogP contribution >= 0.6 is 11.8 Å². The second kappa shape index (κ2) is 7.86. The standard InChI is InChI=1S/C12H24N2O3S/c1-12(16,5-8-18-2)9-13-11(15)14-10-3-6-17-7-4-10/h10,16H,3-9H2,1-2H3,(H2,13,14,15). The van der Waals surface area contributed by atoms with Crippen molar-refractivity contribution in [2.45, 2.75) is 37.8 Å². The second-order valence-corrected chi connectivity index (χ2v) is 5.94. The molecule has 18 heavy (non-hydrogen) atoms. The van der Waals surface area contributed by atoms with E-state index in [0.29, 0.717) is 19.6 Å². The first-order valence-corrected chi connectivity index (χ1v) is 7.76. The molecule has 0 radical (unpaired) electrons. The fourth-order valence-electron chi connectivity index (χ4n) is 1.76. The van der Waals surface area contributed by atoms with Crippen molar-refractivity contribution >= 4 is 17.8 Å². The Kier molecular flexibility index (Phi) is 6.81. The van der Waals surface area contributed by atoms with Crippen LogP contribution in [0.3, 0.4) is 0 Å². The SMILES string of the molecule is CSCCC(C)(O)CNC(=O)NC1CCOCC1. The summed E-state index contributed by atoms with van der Waals surface area (Å²) in [7, 11) is 0. The van der Waals surface area contributed by atoms with Gasteiger partial charge in [0.15, 0.2) is 0 Å². The Balaban J connectivity index is 2.19. The van der Waals surface area contributed by atoms with Crippen LogP contribution in [0.25, 0.3) is 0 Å². The summed E-state index contributed by atoms with van der Waals surface area (Å²) < 4.78 is 5.23. The van der Waals surface area contributed by atoms with Gasteiger partial charge in [-0.05, 0) is 38.2 Å². The van der Waals surface area contributed by atoms with E-state index in [9.17, 15) is 9.90 Å². The van der Waals surface area contributed by atoms with E-state index in [1.807, 2.05) is 6.26 Å². The van der Waals surface area contributed by atoms with Gasteiger partial charge in [-0.1, -0.05) is 0 Å². The Morgan fingerprint density at radius 3 is 2.78 bits per heavy atom. The highest BCUT2D eigenvalue weighted by Gasteiger charge is 2.22. The molecule has 1 atom stereocenters. The van der Waals surface area contributed by atoms with Gasteiger partial charge in [0.05, 0.1) is 5.60 Å². The predicted octanol–water partition coefficient (Wildman–Crippen LogP) is 0.969. The van der Waals surface area contributed by atoms with Crippen LogP contribution < -0.4 is 10.6 Å². The lowest BCUT2D eigenvalue weighted by molar-refractivity contribution is 0.0579. The van der Waals surface area contributed by atoms with Crippen LogP contribution in [0.1, 0.15) is 26.2 Å². The Morgan fingerprint density at radius 2 is 2.17 bits per heavy atom. The molecule has 0 aliphatic carbocycles. The average Bonchev–Trinajstić information content (AvgIpc) is 2.36. The minimum absolute atomic E-state index is 0.190. The van der Waals surface area contributed by atoms with Crippen LogP contribution in [0.15, 0.2) is 0 Å².